The third kappa shape index (κ3) is 3.87. The topological polar surface area (TPSA) is 27.7 Å². The normalized spacial score (nSPS) is 13.2. The second-order valence-corrected chi connectivity index (χ2v) is 13.6. The van der Waals surface area contributed by atoms with Crippen LogP contribution in [-0.4, -0.2) is 39.4 Å². The molecule has 0 unspecified atom stereocenters. The molecule has 0 atom stereocenters. The predicted molar refractivity (Wildman–Crippen MR) is 65.0 cm³/mol. The Bertz CT molecular complexity index is 154. The maximum atomic E-state index is 5.93. The maximum absolute atomic E-state index is 5.93. The van der Waals surface area contributed by atoms with Gasteiger partial charge >= 0.3 is 100 Å². The van der Waals surface area contributed by atoms with Crippen LogP contribution in [0, 0.1) is 0 Å². The molecule has 0 saturated carbocycles. The van der Waals surface area contributed by atoms with Gasteiger partial charge in [-0.3, -0.25) is 0 Å². The van der Waals surface area contributed by atoms with Crippen molar-refractivity contribution in [2.45, 2.75) is 51.4 Å². The SMILES string of the molecule is CC[O][Sn]([O]CC)([O]CC)[C](C)(C)CC. The Hall–Kier alpha value is 0.679. The molecule has 0 amide bonds. The first-order valence-electron chi connectivity index (χ1n) is 5.91. The Kier molecular flexibility index (Phi) is 7.41. The minimum atomic E-state index is -3.35. The van der Waals surface area contributed by atoms with Crippen LogP contribution in [0.4, 0.5) is 0 Å². The van der Waals surface area contributed by atoms with Gasteiger partial charge in [-0.25, -0.2) is 0 Å². The van der Waals surface area contributed by atoms with Gasteiger partial charge in [0.2, 0.25) is 0 Å². The van der Waals surface area contributed by atoms with Gasteiger partial charge in [0.25, 0.3) is 0 Å². The van der Waals surface area contributed by atoms with Crippen LogP contribution in [-0.2, 0) is 9.22 Å². The summed E-state index contributed by atoms with van der Waals surface area (Å²) in [6.07, 6.45) is 1.03. The first-order chi connectivity index (χ1) is 6.99. The average Bonchev–Trinajstić information content (AvgIpc) is 2.18. The van der Waals surface area contributed by atoms with Crippen LogP contribution in [0.5, 0.6) is 0 Å². The Labute approximate surface area is 100.0 Å². The first kappa shape index (κ1) is 15.7. The van der Waals surface area contributed by atoms with Gasteiger partial charge < -0.3 is 0 Å². The molecule has 0 heterocycles. The summed E-state index contributed by atoms with van der Waals surface area (Å²) in [6, 6.07) is 0. The Balaban J connectivity index is 4.90. The van der Waals surface area contributed by atoms with Crippen molar-refractivity contribution in [3.05, 3.63) is 0 Å². The van der Waals surface area contributed by atoms with E-state index in [2.05, 4.69) is 20.8 Å². The monoisotopic (exact) mass is 326 g/mol. The van der Waals surface area contributed by atoms with Gasteiger partial charge in [-0.15, -0.1) is 0 Å². The molecule has 0 fully saturated rings. The van der Waals surface area contributed by atoms with E-state index in [4.69, 9.17) is 9.22 Å². The van der Waals surface area contributed by atoms with Gasteiger partial charge in [0.15, 0.2) is 0 Å². The zero-order chi connectivity index (χ0) is 11.9. The van der Waals surface area contributed by atoms with Crippen molar-refractivity contribution in [3.63, 3.8) is 0 Å². The van der Waals surface area contributed by atoms with E-state index >= 15 is 0 Å². The predicted octanol–water partition coefficient (Wildman–Crippen LogP) is 3.23. The fourth-order valence-electron chi connectivity index (χ4n) is 1.50. The van der Waals surface area contributed by atoms with E-state index in [1.54, 1.807) is 0 Å². The van der Waals surface area contributed by atoms with Gasteiger partial charge in [-0.1, -0.05) is 0 Å². The van der Waals surface area contributed by atoms with E-state index in [0.29, 0.717) is 19.8 Å². The standard InChI is InChI=1S/C5H11.3C2H5O.Sn/c1-4-5(2)3;3*1-2-3;/h4H2,1-3H3;3*2H2,1H3;/q;3*-1;+3. The molecule has 3 nitrogen and oxygen atoms in total. The van der Waals surface area contributed by atoms with Crippen LogP contribution < -0.4 is 0 Å². The van der Waals surface area contributed by atoms with Crippen molar-refractivity contribution in [1.82, 2.24) is 0 Å². The molecule has 0 aromatic carbocycles. The zero-order valence-electron chi connectivity index (χ0n) is 11.1. The molecule has 0 rings (SSSR count). The molecule has 0 saturated heterocycles. The number of hydrogen-bond donors (Lipinski definition) is 0. The quantitative estimate of drug-likeness (QED) is 0.642. The molecule has 0 aromatic rings. The molecule has 0 N–H and O–H groups in total. The summed E-state index contributed by atoms with van der Waals surface area (Å²) < 4.78 is 17.8. The summed E-state index contributed by atoms with van der Waals surface area (Å²) in [5.74, 6) is 0. The van der Waals surface area contributed by atoms with E-state index in [1.165, 1.54) is 0 Å². The Morgan fingerprint density at radius 3 is 1.33 bits per heavy atom. The van der Waals surface area contributed by atoms with Crippen LogP contribution in [0.1, 0.15) is 48.0 Å². The summed E-state index contributed by atoms with van der Waals surface area (Å²) in [5.41, 5.74) is 0. The van der Waals surface area contributed by atoms with Gasteiger partial charge in [0, 0.05) is 0 Å². The van der Waals surface area contributed by atoms with Crippen LogP contribution in [0.3, 0.4) is 0 Å². The third-order valence-electron chi connectivity index (χ3n) is 2.72. The van der Waals surface area contributed by atoms with Crippen LogP contribution in [0.2, 0.25) is 3.43 Å². The van der Waals surface area contributed by atoms with Crippen molar-refractivity contribution >= 4 is 19.6 Å². The summed E-state index contributed by atoms with van der Waals surface area (Å²) >= 11 is -3.35. The van der Waals surface area contributed by atoms with E-state index in [-0.39, 0.29) is 3.43 Å². The molecule has 0 radical (unpaired) electrons. The average molecular weight is 325 g/mol. The minimum absolute atomic E-state index is 0.0523. The molecule has 4 heteroatoms. The van der Waals surface area contributed by atoms with Crippen molar-refractivity contribution in [2.75, 3.05) is 19.8 Å². The van der Waals surface area contributed by atoms with Crippen LogP contribution in [0.25, 0.3) is 0 Å². The fourth-order valence-corrected chi connectivity index (χ4v) is 10.0. The van der Waals surface area contributed by atoms with Gasteiger partial charge in [0.1, 0.15) is 0 Å². The Morgan fingerprint density at radius 2 is 1.13 bits per heavy atom. The summed E-state index contributed by atoms with van der Waals surface area (Å²) in [6.45, 7) is 14.6. The summed E-state index contributed by atoms with van der Waals surface area (Å²) in [5, 5.41) is 0. The Morgan fingerprint density at radius 1 is 0.800 bits per heavy atom. The molecule has 0 aliphatic rings. The van der Waals surface area contributed by atoms with Crippen molar-refractivity contribution in [2.24, 2.45) is 0 Å². The summed E-state index contributed by atoms with van der Waals surface area (Å²) in [7, 11) is 0. The van der Waals surface area contributed by atoms with Crippen molar-refractivity contribution < 1.29 is 9.22 Å². The molecular weight excluding hydrogens is 299 g/mol. The second kappa shape index (κ2) is 7.09. The van der Waals surface area contributed by atoms with Crippen LogP contribution >= 0.6 is 0 Å². The zero-order valence-corrected chi connectivity index (χ0v) is 13.9. The molecule has 0 aliphatic carbocycles. The van der Waals surface area contributed by atoms with E-state index < -0.39 is 19.6 Å². The molecule has 15 heavy (non-hydrogen) atoms. The first-order valence-corrected chi connectivity index (χ1v) is 10.8. The molecular formula is C11H26O3Sn. The van der Waals surface area contributed by atoms with Gasteiger partial charge in [-0.2, -0.15) is 0 Å². The summed E-state index contributed by atoms with van der Waals surface area (Å²) in [4.78, 5) is 0. The van der Waals surface area contributed by atoms with Crippen LogP contribution in [0.15, 0.2) is 0 Å². The second-order valence-electron chi connectivity index (χ2n) is 4.09. The molecule has 0 aliphatic heterocycles. The molecule has 0 aromatic heterocycles. The molecule has 92 valence electrons. The van der Waals surface area contributed by atoms with E-state index in [9.17, 15) is 0 Å². The third-order valence-corrected chi connectivity index (χ3v) is 14.2. The van der Waals surface area contributed by atoms with Crippen molar-refractivity contribution in [1.29, 1.82) is 0 Å². The number of rotatable bonds is 8. The van der Waals surface area contributed by atoms with Gasteiger partial charge in [-0.05, 0) is 0 Å². The van der Waals surface area contributed by atoms with Gasteiger partial charge in [0.05, 0.1) is 0 Å². The van der Waals surface area contributed by atoms with E-state index in [1.807, 2.05) is 20.8 Å². The van der Waals surface area contributed by atoms with E-state index in [0.717, 1.165) is 6.42 Å². The molecule has 0 bridgehead atoms. The van der Waals surface area contributed by atoms with Crippen molar-refractivity contribution in [3.8, 4) is 0 Å². The fraction of sp³-hybridized carbons (Fsp3) is 1.00. The molecule has 0 spiro atoms. The number of hydrogen-bond acceptors (Lipinski definition) is 3.